The maximum Gasteiger partial charge on any atom is 0.277 e. The molecule has 0 radical (unpaired) electrons. The van der Waals surface area contributed by atoms with E-state index in [1.165, 1.54) is 0 Å². The van der Waals surface area contributed by atoms with Crippen LogP contribution in [0, 0.1) is 0 Å². The molecule has 6 heteroatoms. The van der Waals surface area contributed by atoms with Crippen LogP contribution in [0.5, 0.6) is 5.75 Å². The lowest BCUT2D eigenvalue weighted by Gasteiger charge is -2.06. The Morgan fingerprint density at radius 2 is 1.89 bits per heavy atom. The SMILES string of the molecule is COc1ccc(-c2cc(C(=O)Nc3ccc4c(Br)cccc4c3)no2)cc1. The van der Waals surface area contributed by atoms with Gasteiger partial charge >= 0.3 is 0 Å². The van der Waals surface area contributed by atoms with E-state index in [0.29, 0.717) is 11.4 Å². The summed E-state index contributed by atoms with van der Waals surface area (Å²) in [7, 11) is 1.61. The lowest BCUT2D eigenvalue weighted by molar-refractivity contribution is 0.101. The van der Waals surface area contributed by atoms with Crippen LogP contribution in [-0.4, -0.2) is 18.2 Å². The van der Waals surface area contributed by atoms with Gasteiger partial charge in [0.2, 0.25) is 0 Å². The zero-order valence-corrected chi connectivity index (χ0v) is 16.0. The molecule has 3 aromatic carbocycles. The van der Waals surface area contributed by atoms with Gasteiger partial charge in [-0.05, 0) is 53.2 Å². The predicted octanol–water partition coefficient (Wildman–Crippen LogP) is 5.52. The van der Waals surface area contributed by atoms with Gasteiger partial charge in [-0.1, -0.05) is 39.3 Å². The molecule has 0 saturated carbocycles. The second kappa shape index (κ2) is 7.25. The Morgan fingerprint density at radius 1 is 1.07 bits per heavy atom. The third-order valence-electron chi connectivity index (χ3n) is 4.20. The van der Waals surface area contributed by atoms with Gasteiger partial charge in [0.1, 0.15) is 5.75 Å². The van der Waals surface area contributed by atoms with E-state index in [1.807, 2.05) is 60.7 Å². The van der Waals surface area contributed by atoms with Gasteiger partial charge < -0.3 is 14.6 Å². The molecule has 1 heterocycles. The van der Waals surface area contributed by atoms with Crippen molar-refractivity contribution in [1.82, 2.24) is 5.16 Å². The van der Waals surface area contributed by atoms with E-state index < -0.39 is 0 Å². The molecule has 0 fully saturated rings. The number of amides is 1. The average Bonchev–Trinajstić information content (AvgIpc) is 3.18. The highest BCUT2D eigenvalue weighted by molar-refractivity contribution is 9.10. The van der Waals surface area contributed by atoms with Crippen molar-refractivity contribution >= 4 is 38.3 Å². The fourth-order valence-electron chi connectivity index (χ4n) is 2.79. The van der Waals surface area contributed by atoms with Crippen LogP contribution in [0.1, 0.15) is 10.5 Å². The maximum atomic E-state index is 12.5. The topological polar surface area (TPSA) is 64.4 Å². The third-order valence-corrected chi connectivity index (χ3v) is 4.89. The Hall–Kier alpha value is -3.12. The molecule has 4 rings (SSSR count). The minimum atomic E-state index is -0.326. The molecule has 0 unspecified atom stereocenters. The number of hydrogen-bond acceptors (Lipinski definition) is 4. The quantitative estimate of drug-likeness (QED) is 0.470. The van der Waals surface area contributed by atoms with Gasteiger partial charge in [0, 0.05) is 21.8 Å². The number of aromatic nitrogens is 1. The smallest absolute Gasteiger partial charge is 0.277 e. The molecule has 1 amide bonds. The molecular weight excluding hydrogens is 408 g/mol. The highest BCUT2D eigenvalue weighted by atomic mass is 79.9. The van der Waals surface area contributed by atoms with Gasteiger partial charge in [0.05, 0.1) is 7.11 Å². The van der Waals surface area contributed by atoms with Crippen molar-refractivity contribution in [1.29, 1.82) is 0 Å². The first-order chi connectivity index (χ1) is 13.1. The third kappa shape index (κ3) is 3.57. The maximum absolute atomic E-state index is 12.5. The van der Waals surface area contributed by atoms with Crippen LogP contribution in [-0.2, 0) is 0 Å². The number of anilines is 1. The minimum absolute atomic E-state index is 0.218. The highest BCUT2D eigenvalue weighted by Gasteiger charge is 2.14. The lowest BCUT2D eigenvalue weighted by atomic mass is 10.1. The Labute approximate surface area is 164 Å². The van der Waals surface area contributed by atoms with Crippen LogP contribution in [0.3, 0.4) is 0 Å². The molecule has 134 valence electrons. The van der Waals surface area contributed by atoms with E-state index in [0.717, 1.165) is 26.6 Å². The number of carbonyl (C=O) groups is 1. The van der Waals surface area contributed by atoms with Gasteiger partial charge in [-0.25, -0.2) is 0 Å². The van der Waals surface area contributed by atoms with Crippen molar-refractivity contribution in [3.8, 4) is 17.1 Å². The first-order valence-corrected chi connectivity index (χ1v) is 9.04. The normalized spacial score (nSPS) is 10.7. The second-order valence-electron chi connectivity index (χ2n) is 5.93. The summed E-state index contributed by atoms with van der Waals surface area (Å²) in [6.07, 6.45) is 0. The van der Waals surface area contributed by atoms with Gasteiger partial charge in [0.25, 0.3) is 5.91 Å². The van der Waals surface area contributed by atoms with Gasteiger partial charge in [-0.2, -0.15) is 0 Å². The van der Waals surface area contributed by atoms with E-state index in [4.69, 9.17) is 9.26 Å². The Bertz CT molecular complexity index is 1120. The molecule has 0 aliphatic rings. The Kier molecular flexibility index (Phi) is 4.64. The van der Waals surface area contributed by atoms with E-state index >= 15 is 0 Å². The van der Waals surface area contributed by atoms with Gasteiger partial charge in [0.15, 0.2) is 11.5 Å². The number of benzene rings is 3. The minimum Gasteiger partial charge on any atom is -0.497 e. The Balaban J connectivity index is 1.54. The summed E-state index contributed by atoms with van der Waals surface area (Å²) in [6, 6.07) is 20.6. The van der Waals surface area contributed by atoms with Gasteiger partial charge in [-0.3, -0.25) is 4.79 Å². The second-order valence-corrected chi connectivity index (χ2v) is 6.79. The highest BCUT2D eigenvalue weighted by Crippen LogP contribution is 2.27. The van der Waals surface area contributed by atoms with Crippen molar-refractivity contribution in [3.63, 3.8) is 0 Å². The standard InChI is InChI=1S/C21H15BrN2O3/c1-26-16-8-5-13(6-9-16)20-12-19(24-27-20)21(25)23-15-7-10-17-14(11-15)3-2-4-18(17)22/h2-12H,1H3,(H,23,25). The molecule has 4 aromatic rings. The average molecular weight is 423 g/mol. The number of fused-ring (bicyclic) bond motifs is 1. The molecule has 0 spiro atoms. The molecule has 5 nitrogen and oxygen atoms in total. The van der Waals surface area contributed by atoms with Crippen LogP contribution in [0.2, 0.25) is 0 Å². The van der Waals surface area contributed by atoms with Crippen molar-refractivity contribution in [2.24, 2.45) is 0 Å². The molecule has 0 bridgehead atoms. The van der Waals surface area contributed by atoms with Crippen LogP contribution in [0.4, 0.5) is 5.69 Å². The fourth-order valence-corrected chi connectivity index (χ4v) is 3.30. The van der Waals surface area contributed by atoms with Crippen LogP contribution < -0.4 is 10.1 Å². The first kappa shape index (κ1) is 17.3. The van der Waals surface area contributed by atoms with E-state index in [1.54, 1.807) is 13.2 Å². The van der Waals surface area contributed by atoms with Crippen molar-refractivity contribution in [3.05, 3.63) is 76.9 Å². The molecule has 0 atom stereocenters. The number of ether oxygens (including phenoxy) is 1. The summed E-state index contributed by atoms with van der Waals surface area (Å²) < 4.78 is 11.5. The molecule has 0 saturated heterocycles. The predicted molar refractivity (Wildman–Crippen MR) is 108 cm³/mol. The number of halogens is 1. The Morgan fingerprint density at radius 3 is 2.67 bits per heavy atom. The van der Waals surface area contributed by atoms with Gasteiger partial charge in [-0.15, -0.1) is 0 Å². The molecule has 0 aliphatic carbocycles. The zero-order chi connectivity index (χ0) is 18.8. The van der Waals surface area contributed by atoms with Crippen LogP contribution in [0.15, 0.2) is 75.7 Å². The zero-order valence-electron chi connectivity index (χ0n) is 14.4. The van der Waals surface area contributed by atoms with Crippen LogP contribution in [0.25, 0.3) is 22.1 Å². The molecule has 1 N–H and O–H groups in total. The van der Waals surface area contributed by atoms with Crippen molar-refractivity contribution in [2.75, 3.05) is 12.4 Å². The van der Waals surface area contributed by atoms with Crippen molar-refractivity contribution < 1.29 is 14.1 Å². The summed E-state index contributed by atoms with van der Waals surface area (Å²) in [5, 5.41) is 8.85. The number of nitrogens with zero attached hydrogens (tertiary/aromatic N) is 1. The number of carbonyl (C=O) groups excluding carboxylic acids is 1. The molecule has 1 aromatic heterocycles. The molecule has 0 aliphatic heterocycles. The largest absolute Gasteiger partial charge is 0.497 e. The van der Waals surface area contributed by atoms with E-state index in [9.17, 15) is 4.79 Å². The van der Waals surface area contributed by atoms with E-state index in [-0.39, 0.29) is 11.6 Å². The number of rotatable bonds is 4. The number of nitrogens with one attached hydrogen (secondary N) is 1. The number of hydrogen-bond donors (Lipinski definition) is 1. The molecular formula is C21H15BrN2O3. The summed E-state index contributed by atoms with van der Waals surface area (Å²) in [5.41, 5.74) is 1.73. The number of methoxy groups -OCH3 is 1. The van der Waals surface area contributed by atoms with Crippen molar-refractivity contribution in [2.45, 2.75) is 0 Å². The fraction of sp³-hybridized carbons (Fsp3) is 0.0476. The molecule has 27 heavy (non-hydrogen) atoms. The van der Waals surface area contributed by atoms with E-state index in [2.05, 4.69) is 26.4 Å². The van der Waals surface area contributed by atoms with Crippen LogP contribution >= 0.6 is 15.9 Å². The lowest BCUT2D eigenvalue weighted by Crippen LogP contribution is -2.12. The summed E-state index contributed by atoms with van der Waals surface area (Å²) in [5.74, 6) is 0.942. The summed E-state index contributed by atoms with van der Waals surface area (Å²) >= 11 is 3.53. The summed E-state index contributed by atoms with van der Waals surface area (Å²) in [4.78, 5) is 12.5. The monoisotopic (exact) mass is 422 g/mol. The first-order valence-electron chi connectivity index (χ1n) is 8.25. The summed E-state index contributed by atoms with van der Waals surface area (Å²) in [6.45, 7) is 0.